The largest absolute Gasteiger partial charge is 0.497 e. The van der Waals surface area contributed by atoms with E-state index in [1.807, 2.05) is 30.3 Å². The lowest BCUT2D eigenvalue weighted by atomic mass is 9.78. The molecule has 2 rings (SSSR count). The van der Waals surface area contributed by atoms with E-state index in [1.165, 1.54) is 12.8 Å². The molecule has 1 saturated carbocycles. The van der Waals surface area contributed by atoms with Gasteiger partial charge in [-0.1, -0.05) is 38.8 Å². The Labute approximate surface area is 127 Å². The van der Waals surface area contributed by atoms with Gasteiger partial charge in [0.05, 0.1) is 7.11 Å². The summed E-state index contributed by atoms with van der Waals surface area (Å²) in [6.07, 6.45) is 7.03. The molecule has 0 bridgehead atoms. The molecule has 0 saturated heterocycles. The van der Waals surface area contributed by atoms with Crippen LogP contribution in [0.15, 0.2) is 30.3 Å². The molecule has 0 aromatic heterocycles. The van der Waals surface area contributed by atoms with E-state index in [4.69, 9.17) is 4.74 Å². The van der Waals surface area contributed by atoms with Crippen LogP contribution < -0.4 is 10.1 Å². The number of carbonyl (C=O) groups is 1. The number of benzene rings is 1. The van der Waals surface area contributed by atoms with Gasteiger partial charge in [-0.3, -0.25) is 4.79 Å². The predicted octanol–water partition coefficient (Wildman–Crippen LogP) is 3.65. The summed E-state index contributed by atoms with van der Waals surface area (Å²) in [4.78, 5) is 12.0. The number of carbonyl (C=O) groups excluding carboxylic acids is 1. The van der Waals surface area contributed by atoms with E-state index in [-0.39, 0.29) is 5.91 Å². The molecule has 1 aliphatic carbocycles. The summed E-state index contributed by atoms with van der Waals surface area (Å²) in [6, 6.07) is 7.97. The van der Waals surface area contributed by atoms with Crippen LogP contribution in [-0.4, -0.2) is 19.1 Å². The third kappa shape index (κ3) is 4.35. The van der Waals surface area contributed by atoms with Gasteiger partial charge in [0.1, 0.15) is 5.75 Å². The summed E-state index contributed by atoms with van der Waals surface area (Å²) in [7, 11) is 1.64. The van der Waals surface area contributed by atoms with Crippen molar-refractivity contribution >= 4 is 12.0 Å². The fraction of sp³-hybridized carbons (Fsp3) is 0.500. The van der Waals surface area contributed by atoms with Gasteiger partial charge in [-0.2, -0.15) is 0 Å². The van der Waals surface area contributed by atoms with Crippen LogP contribution in [0.2, 0.25) is 0 Å². The first kappa shape index (κ1) is 15.6. The maximum Gasteiger partial charge on any atom is 0.244 e. The quantitative estimate of drug-likeness (QED) is 0.858. The van der Waals surface area contributed by atoms with Crippen LogP contribution in [0, 0.1) is 11.8 Å². The average molecular weight is 287 g/mol. The van der Waals surface area contributed by atoms with E-state index in [1.54, 1.807) is 13.2 Å². The highest BCUT2D eigenvalue weighted by Gasteiger charge is 2.27. The number of ether oxygens (including phenoxy) is 1. The summed E-state index contributed by atoms with van der Waals surface area (Å²) in [5.41, 5.74) is 0.996. The monoisotopic (exact) mass is 287 g/mol. The first-order valence-electron chi connectivity index (χ1n) is 7.73. The first-order valence-corrected chi connectivity index (χ1v) is 7.73. The minimum absolute atomic E-state index is 0.00299. The second kappa shape index (κ2) is 7.30. The van der Waals surface area contributed by atoms with Crippen molar-refractivity contribution in [1.29, 1.82) is 0 Å². The van der Waals surface area contributed by atoms with Gasteiger partial charge in [0.2, 0.25) is 5.91 Å². The summed E-state index contributed by atoms with van der Waals surface area (Å²) in [5.74, 6) is 2.06. The van der Waals surface area contributed by atoms with Crippen molar-refractivity contribution in [3.05, 3.63) is 35.9 Å². The van der Waals surface area contributed by atoms with Gasteiger partial charge >= 0.3 is 0 Å². The zero-order valence-electron chi connectivity index (χ0n) is 13.1. The topological polar surface area (TPSA) is 38.3 Å². The molecule has 1 aromatic rings. The highest BCUT2D eigenvalue weighted by Crippen LogP contribution is 2.29. The first-order chi connectivity index (χ1) is 10.1. The molecule has 0 aliphatic heterocycles. The Morgan fingerprint density at radius 2 is 1.95 bits per heavy atom. The van der Waals surface area contributed by atoms with Crippen molar-refractivity contribution in [3.8, 4) is 5.75 Å². The van der Waals surface area contributed by atoms with Crippen molar-refractivity contribution in [2.24, 2.45) is 11.8 Å². The minimum atomic E-state index is -0.00299. The molecule has 3 unspecified atom stereocenters. The Morgan fingerprint density at radius 1 is 1.24 bits per heavy atom. The van der Waals surface area contributed by atoms with Gasteiger partial charge in [0.25, 0.3) is 0 Å². The second-order valence-electron chi connectivity index (χ2n) is 5.99. The van der Waals surface area contributed by atoms with E-state index in [0.717, 1.165) is 17.7 Å². The molecule has 1 fully saturated rings. The zero-order valence-corrected chi connectivity index (χ0v) is 13.1. The molecule has 0 spiro atoms. The summed E-state index contributed by atoms with van der Waals surface area (Å²) in [5, 5.41) is 3.14. The normalized spacial score (nSPS) is 25.8. The van der Waals surface area contributed by atoms with Crippen LogP contribution in [-0.2, 0) is 4.79 Å². The number of nitrogens with one attached hydrogen (secondary N) is 1. The van der Waals surface area contributed by atoms with Gasteiger partial charge in [-0.05, 0) is 42.0 Å². The number of methoxy groups -OCH3 is 1. The smallest absolute Gasteiger partial charge is 0.244 e. The van der Waals surface area contributed by atoms with Crippen molar-refractivity contribution in [2.75, 3.05) is 7.11 Å². The van der Waals surface area contributed by atoms with Crippen molar-refractivity contribution in [1.82, 2.24) is 5.32 Å². The molecule has 0 radical (unpaired) electrons. The predicted molar refractivity (Wildman–Crippen MR) is 86.1 cm³/mol. The number of hydrogen-bond donors (Lipinski definition) is 1. The van der Waals surface area contributed by atoms with Gasteiger partial charge in [0.15, 0.2) is 0 Å². The third-order valence-electron chi connectivity index (χ3n) is 4.58. The zero-order chi connectivity index (χ0) is 15.2. The second-order valence-corrected chi connectivity index (χ2v) is 5.99. The van der Waals surface area contributed by atoms with E-state index >= 15 is 0 Å². The van der Waals surface area contributed by atoms with Crippen LogP contribution >= 0.6 is 0 Å². The van der Waals surface area contributed by atoms with E-state index < -0.39 is 0 Å². The van der Waals surface area contributed by atoms with Crippen LogP contribution in [0.3, 0.4) is 0 Å². The minimum Gasteiger partial charge on any atom is -0.497 e. The lowest BCUT2D eigenvalue weighted by molar-refractivity contribution is -0.117. The maximum atomic E-state index is 12.0. The lowest BCUT2D eigenvalue weighted by Gasteiger charge is -2.34. The Balaban J connectivity index is 1.89. The molecule has 3 heteroatoms. The molecule has 3 nitrogen and oxygen atoms in total. The molecular formula is C18H25NO2. The molecule has 3 atom stereocenters. The van der Waals surface area contributed by atoms with Crippen LogP contribution in [0.5, 0.6) is 5.75 Å². The molecular weight excluding hydrogens is 262 g/mol. The van der Waals surface area contributed by atoms with Gasteiger partial charge in [0, 0.05) is 12.1 Å². The van der Waals surface area contributed by atoms with Crippen molar-refractivity contribution in [3.63, 3.8) is 0 Å². The molecule has 1 aliphatic rings. The Hall–Kier alpha value is -1.77. The van der Waals surface area contributed by atoms with Crippen molar-refractivity contribution in [2.45, 2.75) is 39.2 Å². The summed E-state index contributed by atoms with van der Waals surface area (Å²) < 4.78 is 5.11. The molecule has 1 aromatic carbocycles. The van der Waals surface area contributed by atoms with E-state index in [0.29, 0.717) is 17.9 Å². The summed E-state index contributed by atoms with van der Waals surface area (Å²) >= 11 is 0. The molecule has 1 N–H and O–H groups in total. The average Bonchev–Trinajstić information content (AvgIpc) is 2.50. The molecule has 114 valence electrons. The van der Waals surface area contributed by atoms with E-state index in [2.05, 4.69) is 19.2 Å². The highest BCUT2D eigenvalue weighted by atomic mass is 16.5. The fourth-order valence-electron chi connectivity index (χ4n) is 2.90. The number of rotatable bonds is 4. The SMILES string of the molecule is COc1ccc(/C=C/C(=O)NC2CCCC(C)C2C)cc1. The van der Waals surface area contributed by atoms with Gasteiger partial charge in [-0.25, -0.2) is 0 Å². The Morgan fingerprint density at radius 3 is 2.62 bits per heavy atom. The fourth-order valence-corrected chi connectivity index (χ4v) is 2.90. The molecule has 0 heterocycles. The standard InChI is InChI=1S/C18H25NO2/c1-13-5-4-6-17(14(13)2)19-18(20)12-9-15-7-10-16(21-3)11-8-15/h7-14,17H,4-6H2,1-3H3,(H,19,20)/b12-9+. The lowest BCUT2D eigenvalue weighted by Crippen LogP contribution is -2.43. The van der Waals surface area contributed by atoms with Crippen LogP contribution in [0.25, 0.3) is 6.08 Å². The molecule has 21 heavy (non-hydrogen) atoms. The van der Waals surface area contributed by atoms with Crippen molar-refractivity contribution < 1.29 is 9.53 Å². The molecule has 1 amide bonds. The van der Waals surface area contributed by atoms with Crippen LogP contribution in [0.1, 0.15) is 38.7 Å². The number of hydrogen-bond acceptors (Lipinski definition) is 2. The van der Waals surface area contributed by atoms with Gasteiger partial charge in [-0.15, -0.1) is 0 Å². The van der Waals surface area contributed by atoms with Crippen LogP contribution in [0.4, 0.5) is 0 Å². The van der Waals surface area contributed by atoms with Gasteiger partial charge < -0.3 is 10.1 Å². The Kier molecular flexibility index (Phi) is 5.43. The summed E-state index contributed by atoms with van der Waals surface area (Å²) in [6.45, 7) is 4.51. The maximum absolute atomic E-state index is 12.0. The Bertz CT molecular complexity index is 492. The highest BCUT2D eigenvalue weighted by molar-refractivity contribution is 5.91. The number of amides is 1. The van der Waals surface area contributed by atoms with E-state index in [9.17, 15) is 4.79 Å². The third-order valence-corrected chi connectivity index (χ3v) is 4.58.